The van der Waals surface area contributed by atoms with Crippen LogP contribution in [0.5, 0.6) is 0 Å². The van der Waals surface area contributed by atoms with Crippen LogP contribution in [0, 0.1) is 0 Å². The number of aryl methyl sites for hydroxylation is 1. The van der Waals surface area contributed by atoms with Gasteiger partial charge in [-0.15, -0.1) is 0 Å². The maximum Gasteiger partial charge on any atom is 0.287 e. The molecule has 0 amide bonds. The lowest BCUT2D eigenvalue weighted by atomic mass is 10.2. The molecule has 0 aliphatic carbocycles. The van der Waals surface area contributed by atoms with Gasteiger partial charge in [0.1, 0.15) is 5.02 Å². The summed E-state index contributed by atoms with van der Waals surface area (Å²) in [6, 6.07) is -0.213. The predicted octanol–water partition coefficient (Wildman–Crippen LogP) is 0.423. The fourth-order valence-corrected chi connectivity index (χ4v) is 3.83. The minimum Gasteiger partial charge on any atom is -0.379 e. The smallest absolute Gasteiger partial charge is 0.287 e. The Kier molecular flexibility index (Phi) is 3.63. The molecule has 2 rings (SSSR count). The summed E-state index contributed by atoms with van der Waals surface area (Å²) < 4.78 is 24.1. The topological polar surface area (TPSA) is 81.1 Å². The zero-order chi connectivity index (χ0) is 13.3. The molecule has 0 saturated carbocycles. The molecule has 0 radical (unpaired) electrons. The van der Waals surface area contributed by atoms with Crippen LogP contribution in [0.4, 0.5) is 5.69 Å². The molecule has 18 heavy (non-hydrogen) atoms. The van der Waals surface area contributed by atoms with E-state index < -0.39 is 15.4 Å². The van der Waals surface area contributed by atoms with E-state index in [9.17, 15) is 13.2 Å². The Morgan fingerprint density at radius 3 is 2.94 bits per heavy atom. The molecule has 100 valence electrons. The molecule has 1 unspecified atom stereocenters. The van der Waals surface area contributed by atoms with Gasteiger partial charge in [-0.05, 0) is 12.8 Å². The van der Waals surface area contributed by atoms with Crippen LogP contribution in [-0.2, 0) is 16.9 Å². The van der Waals surface area contributed by atoms with Gasteiger partial charge in [0.25, 0.3) is 5.56 Å². The van der Waals surface area contributed by atoms with Gasteiger partial charge in [0.15, 0.2) is 9.84 Å². The average molecular weight is 292 g/mol. The summed E-state index contributed by atoms with van der Waals surface area (Å²) >= 11 is 5.90. The summed E-state index contributed by atoms with van der Waals surface area (Å²) in [6.45, 7) is 0. The first-order valence-corrected chi connectivity index (χ1v) is 7.78. The highest BCUT2D eigenvalue weighted by atomic mass is 35.5. The molecular formula is C10H14ClN3O3S. The minimum atomic E-state index is -2.99. The van der Waals surface area contributed by atoms with E-state index in [1.807, 2.05) is 0 Å². The number of sulfone groups is 1. The lowest BCUT2D eigenvalue weighted by Gasteiger charge is -2.24. The molecule has 1 aromatic heterocycles. The second-order valence-electron chi connectivity index (χ2n) is 4.40. The third-order valence-electron chi connectivity index (χ3n) is 2.90. The number of anilines is 1. The molecule has 0 spiro atoms. The van der Waals surface area contributed by atoms with Crippen molar-refractivity contribution in [2.24, 2.45) is 7.05 Å². The maximum atomic E-state index is 11.6. The average Bonchev–Trinajstić information content (AvgIpc) is 2.29. The standard InChI is InChI=1S/C10H14ClN3O3S/c1-14-10(15)9(11)8(5-12-14)13-7-3-2-4-18(16,17)6-7/h5,7,13H,2-4,6H2,1H3. The van der Waals surface area contributed by atoms with Crippen LogP contribution in [0.2, 0.25) is 5.02 Å². The molecule has 8 heteroatoms. The summed E-state index contributed by atoms with van der Waals surface area (Å²) in [5, 5.41) is 6.87. The van der Waals surface area contributed by atoms with Crippen LogP contribution < -0.4 is 10.9 Å². The minimum absolute atomic E-state index is 0.0375. The van der Waals surface area contributed by atoms with Crippen molar-refractivity contribution in [3.63, 3.8) is 0 Å². The second kappa shape index (κ2) is 4.89. The zero-order valence-corrected chi connectivity index (χ0v) is 11.5. The number of rotatable bonds is 2. The maximum absolute atomic E-state index is 11.6. The summed E-state index contributed by atoms with van der Waals surface area (Å²) in [4.78, 5) is 11.6. The van der Waals surface area contributed by atoms with Crippen LogP contribution in [0.15, 0.2) is 11.0 Å². The van der Waals surface area contributed by atoms with Crippen molar-refractivity contribution in [2.45, 2.75) is 18.9 Å². The Labute approximate surface area is 110 Å². The first kappa shape index (κ1) is 13.4. The van der Waals surface area contributed by atoms with Crippen molar-refractivity contribution < 1.29 is 8.42 Å². The third kappa shape index (κ3) is 2.84. The molecule has 2 heterocycles. The highest BCUT2D eigenvalue weighted by Gasteiger charge is 2.25. The number of halogens is 1. The first-order valence-electron chi connectivity index (χ1n) is 5.58. The fraction of sp³-hybridized carbons (Fsp3) is 0.600. The second-order valence-corrected chi connectivity index (χ2v) is 7.01. The lowest BCUT2D eigenvalue weighted by molar-refractivity contribution is 0.561. The normalized spacial score (nSPS) is 22.7. The molecule has 1 atom stereocenters. The monoisotopic (exact) mass is 291 g/mol. The number of nitrogens with zero attached hydrogens (tertiary/aromatic N) is 2. The summed E-state index contributed by atoms with van der Waals surface area (Å²) in [5.41, 5.74) is -0.0119. The molecule has 1 aliphatic rings. The molecule has 1 aromatic rings. The van der Waals surface area contributed by atoms with Crippen LogP contribution >= 0.6 is 11.6 Å². The SMILES string of the molecule is Cn1ncc(NC2CCCS(=O)(=O)C2)c(Cl)c1=O. The van der Waals surface area contributed by atoms with E-state index in [4.69, 9.17) is 11.6 Å². The van der Waals surface area contributed by atoms with E-state index in [1.165, 1.54) is 13.2 Å². The first-order chi connectivity index (χ1) is 8.39. The molecule has 1 aliphatic heterocycles. The molecule has 0 bridgehead atoms. The van der Waals surface area contributed by atoms with E-state index in [0.717, 1.165) is 11.1 Å². The number of hydrogen-bond acceptors (Lipinski definition) is 5. The Hall–Kier alpha value is -1.08. The van der Waals surface area contributed by atoms with Gasteiger partial charge in [-0.1, -0.05) is 11.6 Å². The van der Waals surface area contributed by atoms with Gasteiger partial charge in [0.05, 0.1) is 23.4 Å². The van der Waals surface area contributed by atoms with Crippen molar-refractivity contribution >= 4 is 27.1 Å². The number of aromatic nitrogens is 2. The summed E-state index contributed by atoms with van der Waals surface area (Å²) in [6.07, 6.45) is 2.80. The van der Waals surface area contributed by atoms with Crippen LogP contribution in [0.3, 0.4) is 0 Å². The molecule has 1 N–H and O–H groups in total. The predicted molar refractivity (Wildman–Crippen MR) is 69.8 cm³/mol. The van der Waals surface area contributed by atoms with Gasteiger partial charge in [-0.25, -0.2) is 13.1 Å². The van der Waals surface area contributed by atoms with Gasteiger partial charge in [-0.2, -0.15) is 5.10 Å². The number of nitrogens with one attached hydrogen (secondary N) is 1. The van der Waals surface area contributed by atoms with E-state index in [2.05, 4.69) is 10.4 Å². The Balaban J connectivity index is 2.20. The highest BCUT2D eigenvalue weighted by molar-refractivity contribution is 7.91. The zero-order valence-electron chi connectivity index (χ0n) is 9.89. The van der Waals surface area contributed by atoms with Crippen molar-refractivity contribution in [1.82, 2.24) is 9.78 Å². The van der Waals surface area contributed by atoms with Crippen molar-refractivity contribution in [3.05, 3.63) is 21.6 Å². The Bertz CT molecular complexity index is 611. The summed E-state index contributed by atoms with van der Waals surface area (Å²) in [5.74, 6) is 0.298. The largest absolute Gasteiger partial charge is 0.379 e. The Morgan fingerprint density at radius 2 is 2.28 bits per heavy atom. The molecule has 6 nitrogen and oxygen atoms in total. The van der Waals surface area contributed by atoms with E-state index in [-0.39, 0.29) is 22.6 Å². The van der Waals surface area contributed by atoms with Crippen LogP contribution in [0.25, 0.3) is 0 Å². The molecule has 0 aromatic carbocycles. The summed E-state index contributed by atoms with van der Waals surface area (Å²) in [7, 11) is -1.49. The molecule has 1 fully saturated rings. The van der Waals surface area contributed by atoms with E-state index in [1.54, 1.807) is 0 Å². The molecular weight excluding hydrogens is 278 g/mol. The van der Waals surface area contributed by atoms with Gasteiger partial charge < -0.3 is 5.32 Å². The lowest BCUT2D eigenvalue weighted by Crippen LogP contribution is -2.35. The fourth-order valence-electron chi connectivity index (χ4n) is 1.97. The quantitative estimate of drug-likeness (QED) is 0.854. The van der Waals surface area contributed by atoms with E-state index >= 15 is 0 Å². The highest BCUT2D eigenvalue weighted by Crippen LogP contribution is 2.20. The van der Waals surface area contributed by atoms with Gasteiger partial charge in [0, 0.05) is 13.1 Å². The van der Waals surface area contributed by atoms with Crippen LogP contribution in [0.1, 0.15) is 12.8 Å². The van der Waals surface area contributed by atoms with Crippen molar-refractivity contribution in [1.29, 1.82) is 0 Å². The Morgan fingerprint density at radius 1 is 1.56 bits per heavy atom. The van der Waals surface area contributed by atoms with E-state index in [0.29, 0.717) is 12.1 Å². The molecule has 1 saturated heterocycles. The number of hydrogen-bond donors (Lipinski definition) is 1. The van der Waals surface area contributed by atoms with Gasteiger partial charge in [-0.3, -0.25) is 4.79 Å². The van der Waals surface area contributed by atoms with Crippen LogP contribution in [-0.4, -0.2) is 35.7 Å². The third-order valence-corrected chi connectivity index (χ3v) is 5.09. The van der Waals surface area contributed by atoms with Crippen molar-refractivity contribution in [2.75, 3.05) is 16.8 Å². The van der Waals surface area contributed by atoms with Gasteiger partial charge >= 0.3 is 0 Å². The van der Waals surface area contributed by atoms with Gasteiger partial charge in [0.2, 0.25) is 0 Å². The van der Waals surface area contributed by atoms with Crippen molar-refractivity contribution in [3.8, 4) is 0 Å².